The summed E-state index contributed by atoms with van der Waals surface area (Å²) >= 11 is 0. The summed E-state index contributed by atoms with van der Waals surface area (Å²) in [6, 6.07) is 1.60. The van der Waals surface area contributed by atoms with Crippen LogP contribution in [0.1, 0.15) is 21.7 Å². The third-order valence-corrected chi connectivity index (χ3v) is 2.66. The van der Waals surface area contributed by atoms with Crippen molar-refractivity contribution >= 4 is 5.97 Å². The van der Waals surface area contributed by atoms with E-state index in [1.54, 1.807) is 12.3 Å². The second kappa shape index (κ2) is 2.73. The highest BCUT2D eigenvalue weighted by atomic mass is 16.5. The molecule has 0 unspecified atom stereocenters. The summed E-state index contributed by atoms with van der Waals surface area (Å²) in [4.78, 5) is 13.7. The van der Waals surface area contributed by atoms with Crippen molar-refractivity contribution in [3.8, 4) is 11.3 Å². The molecule has 0 fully saturated rings. The zero-order chi connectivity index (χ0) is 10.4. The summed E-state index contributed by atoms with van der Waals surface area (Å²) in [6.45, 7) is 0. The van der Waals surface area contributed by atoms with Gasteiger partial charge < -0.3 is 14.6 Å². The van der Waals surface area contributed by atoms with Crippen molar-refractivity contribution in [3.63, 3.8) is 0 Å². The summed E-state index contributed by atoms with van der Waals surface area (Å²) in [7, 11) is 0. The van der Waals surface area contributed by atoms with Crippen LogP contribution < -0.4 is 0 Å². The van der Waals surface area contributed by atoms with Gasteiger partial charge >= 0.3 is 5.97 Å². The van der Waals surface area contributed by atoms with E-state index in [1.807, 2.05) is 0 Å². The number of aryl methyl sites for hydroxylation is 2. The summed E-state index contributed by atoms with van der Waals surface area (Å²) in [5, 5.41) is 12.6. The van der Waals surface area contributed by atoms with Crippen LogP contribution in [-0.2, 0) is 12.8 Å². The number of hydrogen-bond donors (Lipinski definition) is 2. The Morgan fingerprint density at radius 1 is 1.53 bits per heavy atom. The van der Waals surface area contributed by atoms with E-state index >= 15 is 0 Å². The lowest BCUT2D eigenvalue weighted by Gasteiger charge is -2.08. The zero-order valence-corrected chi connectivity index (χ0v) is 7.78. The smallest absolute Gasteiger partial charge is 0.352 e. The van der Waals surface area contributed by atoms with Gasteiger partial charge in [-0.25, -0.2) is 4.79 Å². The van der Waals surface area contributed by atoms with Gasteiger partial charge in [0, 0.05) is 16.8 Å². The number of nitrogens with one attached hydrogen (secondary N) is 1. The van der Waals surface area contributed by atoms with Crippen molar-refractivity contribution in [1.82, 2.24) is 10.1 Å². The Kier molecular flexibility index (Phi) is 1.50. The summed E-state index contributed by atoms with van der Waals surface area (Å²) in [5.74, 6) is -0.259. The third kappa shape index (κ3) is 1.09. The van der Waals surface area contributed by atoms with Gasteiger partial charge in [0.2, 0.25) is 0 Å². The second-order valence-corrected chi connectivity index (χ2v) is 3.56. The molecule has 0 atom stereocenters. The van der Waals surface area contributed by atoms with Gasteiger partial charge in [-0.3, -0.25) is 0 Å². The Bertz CT molecular complexity index is 539. The monoisotopic (exact) mass is 204 g/mol. The molecule has 0 saturated carbocycles. The number of aromatic nitrogens is 2. The molecular formula is C10H8N2O3. The maximum Gasteiger partial charge on any atom is 0.352 e. The number of rotatable bonds is 1. The van der Waals surface area contributed by atoms with E-state index in [4.69, 9.17) is 9.63 Å². The Morgan fingerprint density at radius 3 is 3.20 bits per heavy atom. The molecular weight excluding hydrogens is 196 g/mol. The first kappa shape index (κ1) is 8.28. The lowest BCUT2D eigenvalue weighted by Crippen LogP contribution is -2.00. The minimum Gasteiger partial charge on any atom is -0.477 e. The van der Waals surface area contributed by atoms with Gasteiger partial charge in [0.05, 0.1) is 6.20 Å². The van der Waals surface area contributed by atoms with E-state index < -0.39 is 5.97 Å². The van der Waals surface area contributed by atoms with Crippen LogP contribution in [0.3, 0.4) is 0 Å². The first-order valence-corrected chi connectivity index (χ1v) is 4.65. The summed E-state index contributed by atoms with van der Waals surface area (Å²) < 4.78 is 5.11. The molecule has 0 aliphatic heterocycles. The zero-order valence-electron chi connectivity index (χ0n) is 7.78. The Morgan fingerprint density at radius 2 is 2.40 bits per heavy atom. The molecule has 0 radical (unpaired) electrons. The molecule has 5 nitrogen and oxygen atoms in total. The lowest BCUT2D eigenvalue weighted by molar-refractivity contribution is 0.0691. The van der Waals surface area contributed by atoms with Crippen molar-refractivity contribution in [2.75, 3.05) is 0 Å². The molecule has 1 aliphatic carbocycles. The maximum atomic E-state index is 10.8. The number of aromatic amines is 1. The Labute approximate surface area is 84.7 Å². The molecule has 2 N–H and O–H groups in total. The van der Waals surface area contributed by atoms with E-state index in [0.717, 1.165) is 29.7 Å². The van der Waals surface area contributed by atoms with Crippen LogP contribution in [0.25, 0.3) is 11.3 Å². The SMILES string of the molecule is O=C(O)c1cc2c([nH]1)CCc1cnoc1-2. The van der Waals surface area contributed by atoms with E-state index in [2.05, 4.69) is 10.1 Å². The topological polar surface area (TPSA) is 79.1 Å². The highest BCUT2D eigenvalue weighted by Gasteiger charge is 2.23. The predicted molar refractivity (Wildman–Crippen MR) is 50.7 cm³/mol. The minimum atomic E-state index is -0.953. The molecule has 0 spiro atoms. The van der Waals surface area contributed by atoms with Gasteiger partial charge in [-0.15, -0.1) is 0 Å². The fraction of sp³-hybridized carbons (Fsp3) is 0.200. The van der Waals surface area contributed by atoms with Crippen LogP contribution >= 0.6 is 0 Å². The van der Waals surface area contributed by atoms with E-state index in [9.17, 15) is 4.79 Å². The molecule has 0 aromatic carbocycles. The van der Waals surface area contributed by atoms with Gasteiger partial charge in [-0.05, 0) is 18.9 Å². The molecule has 2 aromatic heterocycles. The molecule has 2 aromatic rings. The summed E-state index contributed by atoms with van der Waals surface area (Å²) in [5.41, 5.74) is 2.98. The average molecular weight is 204 g/mol. The van der Waals surface area contributed by atoms with Crippen LogP contribution in [0, 0.1) is 0 Å². The number of aromatic carboxylic acids is 1. The number of fused-ring (bicyclic) bond motifs is 3. The fourth-order valence-electron chi connectivity index (χ4n) is 1.93. The Balaban J connectivity index is 2.20. The molecule has 2 heterocycles. The standard InChI is InChI=1S/C10H8N2O3/c13-10(14)8-3-6-7(12-8)2-1-5-4-11-15-9(5)6/h3-4,12H,1-2H2,(H,13,14). The number of nitrogens with zero attached hydrogens (tertiary/aromatic N) is 1. The van der Waals surface area contributed by atoms with Crippen LogP contribution in [-0.4, -0.2) is 21.2 Å². The van der Waals surface area contributed by atoms with Crippen molar-refractivity contribution in [2.45, 2.75) is 12.8 Å². The highest BCUT2D eigenvalue weighted by Crippen LogP contribution is 2.33. The van der Waals surface area contributed by atoms with Crippen LogP contribution in [0.4, 0.5) is 0 Å². The van der Waals surface area contributed by atoms with Crippen LogP contribution in [0.5, 0.6) is 0 Å². The van der Waals surface area contributed by atoms with Gasteiger partial charge in [-0.2, -0.15) is 0 Å². The first-order chi connectivity index (χ1) is 7.25. The van der Waals surface area contributed by atoms with E-state index in [-0.39, 0.29) is 5.69 Å². The molecule has 0 bridgehead atoms. The highest BCUT2D eigenvalue weighted by molar-refractivity contribution is 5.88. The fourth-order valence-corrected chi connectivity index (χ4v) is 1.93. The van der Waals surface area contributed by atoms with Gasteiger partial charge in [0.1, 0.15) is 5.69 Å². The first-order valence-electron chi connectivity index (χ1n) is 4.65. The van der Waals surface area contributed by atoms with Crippen LogP contribution in [0.15, 0.2) is 16.8 Å². The van der Waals surface area contributed by atoms with Gasteiger partial charge in [-0.1, -0.05) is 5.16 Å². The number of H-pyrrole nitrogens is 1. The largest absolute Gasteiger partial charge is 0.477 e. The number of hydrogen-bond acceptors (Lipinski definition) is 3. The third-order valence-electron chi connectivity index (χ3n) is 2.66. The average Bonchev–Trinajstić information content (AvgIpc) is 2.82. The molecule has 0 amide bonds. The predicted octanol–water partition coefficient (Wildman–Crippen LogP) is 1.47. The van der Waals surface area contributed by atoms with E-state index in [1.165, 1.54) is 0 Å². The molecule has 1 aliphatic rings. The van der Waals surface area contributed by atoms with Gasteiger partial charge in [0.25, 0.3) is 0 Å². The van der Waals surface area contributed by atoms with Crippen molar-refractivity contribution in [2.24, 2.45) is 0 Å². The molecule has 15 heavy (non-hydrogen) atoms. The molecule has 0 saturated heterocycles. The van der Waals surface area contributed by atoms with Gasteiger partial charge in [0.15, 0.2) is 5.76 Å². The molecule has 5 heteroatoms. The Hall–Kier alpha value is -2.04. The van der Waals surface area contributed by atoms with Crippen molar-refractivity contribution < 1.29 is 14.4 Å². The molecule has 3 rings (SSSR count). The van der Waals surface area contributed by atoms with Crippen LogP contribution in [0.2, 0.25) is 0 Å². The number of carboxylic acid groups (broad SMARTS) is 1. The molecule has 76 valence electrons. The lowest BCUT2D eigenvalue weighted by atomic mass is 9.97. The van der Waals surface area contributed by atoms with Crippen molar-refractivity contribution in [3.05, 3.63) is 29.2 Å². The van der Waals surface area contributed by atoms with E-state index in [0.29, 0.717) is 5.76 Å². The second-order valence-electron chi connectivity index (χ2n) is 3.56. The number of carboxylic acids is 1. The minimum absolute atomic E-state index is 0.198. The quantitative estimate of drug-likeness (QED) is 0.737. The number of carbonyl (C=O) groups is 1. The van der Waals surface area contributed by atoms with Crippen molar-refractivity contribution in [1.29, 1.82) is 0 Å². The normalized spacial score (nSPS) is 13.3. The maximum absolute atomic E-state index is 10.8. The summed E-state index contributed by atoms with van der Waals surface area (Å²) in [6.07, 6.45) is 3.33.